The summed E-state index contributed by atoms with van der Waals surface area (Å²) in [7, 11) is 0. The summed E-state index contributed by atoms with van der Waals surface area (Å²) in [4.78, 5) is 0. The Morgan fingerprint density at radius 3 is 2.06 bits per heavy atom. The molecule has 1 saturated carbocycles. The molecule has 0 heterocycles. The smallest absolute Gasteiger partial charge is 1.00 e. The summed E-state index contributed by atoms with van der Waals surface area (Å²) in [5.74, 6) is 0. The van der Waals surface area contributed by atoms with Gasteiger partial charge in [-0.2, -0.15) is 18.9 Å². The minimum atomic E-state index is 0. The summed E-state index contributed by atoms with van der Waals surface area (Å²) < 4.78 is 0. The van der Waals surface area contributed by atoms with Gasteiger partial charge in [-0.15, -0.1) is 47.0 Å². The SMILES string of the molecule is Cc1cc2ccccc2[cH-]1.[CH-]1CCC1.[Cl-].[Cl-].[Zr+4]. The van der Waals surface area contributed by atoms with E-state index < -0.39 is 0 Å². The average molecular weight is 346 g/mol. The molecule has 1 aliphatic rings. The van der Waals surface area contributed by atoms with E-state index in [1.165, 1.54) is 35.6 Å². The van der Waals surface area contributed by atoms with Gasteiger partial charge < -0.3 is 31.2 Å². The third-order valence-electron chi connectivity index (χ3n) is 2.58. The first-order valence-corrected chi connectivity index (χ1v) is 5.30. The van der Waals surface area contributed by atoms with Gasteiger partial charge in [-0.05, 0) is 0 Å². The zero-order chi connectivity index (χ0) is 9.80. The van der Waals surface area contributed by atoms with Crippen molar-refractivity contribution in [3.05, 3.63) is 48.4 Å². The second-order valence-electron chi connectivity index (χ2n) is 3.88. The molecule has 2 aromatic rings. The van der Waals surface area contributed by atoms with Gasteiger partial charge >= 0.3 is 26.2 Å². The van der Waals surface area contributed by atoms with Gasteiger partial charge in [0.1, 0.15) is 0 Å². The monoisotopic (exact) mass is 344 g/mol. The molecule has 0 nitrogen and oxygen atoms in total. The Kier molecular flexibility index (Phi) is 11.8. The second-order valence-corrected chi connectivity index (χ2v) is 3.88. The molecule has 0 bridgehead atoms. The van der Waals surface area contributed by atoms with Gasteiger partial charge in [0, 0.05) is 0 Å². The Labute approximate surface area is 135 Å². The summed E-state index contributed by atoms with van der Waals surface area (Å²) in [6.07, 6.45) is 6.50. The zero-order valence-electron chi connectivity index (χ0n) is 9.92. The number of benzene rings is 1. The van der Waals surface area contributed by atoms with Gasteiger partial charge in [-0.3, -0.25) is 0 Å². The fourth-order valence-corrected chi connectivity index (χ4v) is 1.51. The molecule has 0 aliphatic heterocycles. The third-order valence-corrected chi connectivity index (χ3v) is 2.58. The van der Waals surface area contributed by atoms with E-state index in [-0.39, 0.29) is 51.0 Å². The maximum absolute atomic E-state index is 2.31. The molecule has 0 amide bonds. The van der Waals surface area contributed by atoms with Gasteiger partial charge in [-0.1, -0.05) is 13.0 Å². The van der Waals surface area contributed by atoms with E-state index in [4.69, 9.17) is 0 Å². The Morgan fingerprint density at radius 2 is 1.59 bits per heavy atom. The molecule has 90 valence electrons. The van der Waals surface area contributed by atoms with Crippen molar-refractivity contribution in [3.8, 4) is 0 Å². The van der Waals surface area contributed by atoms with Crippen LogP contribution in [0.2, 0.25) is 0 Å². The number of aryl methyl sites for hydroxylation is 1. The normalized spacial score (nSPS) is 11.8. The Morgan fingerprint density at radius 1 is 1.06 bits per heavy atom. The van der Waals surface area contributed by atoms with E-state index in [2.05, 4.69) is 49.7 Å². The van der Waals surface area contributed by atoms with E-state index in [1.54, 1.807) is 0 Å². The average Bonchev–Trinajstić information content (AvgIpc) is 2.40. The molecule has 0 unspecified atom stereocenters. The topological polar surface area (TPSA) is 0 Å². The fraction of sp³-hybridized carbons (Fsp3) is 0.286. The van der Waals surface area contributed by atoms with Crippen LogP contribution in [0, 0.1) is 13.3 Å². The molecule has 0 aromatic heterocycles. The van der Waals surface area contributed by atoms with Crippen LogP contribution >= 0.6 is 0 Å². The number of halogens is 2. The second kappa shape index (κ2) is 10.2. The van der Waals surface area contributed by atoms with Gasteiger partial charge in [0.15, 0.2) is 0 Å². The van der Waals surface area contributed by atoms with Crippen LogP contribution in [0.4, 0.5) is 0 Å². The predicted octanol–water partition coefficient (Wildman–Crippen LogP) is -1.75. The van der Waals surface area contributed by atoms with Crippen molar-refractivity contribution in [3.63, 3.8) is 0 Å². The van der Waals surface area contributed by atoms with E-state index in [9.17, 15) is 0 Å². The maximum atomic E-state index is 2.31. The largest absolute Gasteiger partial charge is 4.00 e. The standard InChI is InChI=1S/C10H9.C4H7.2ClH.Zr/c1-8-6-9-4-2-3-5-10(9)7-8;1-2-4-3-1;;;/h2-7H,1H3;1H,2-4H2;2*1H;/q2*-1;;;+4/p-2. The van der Waals surface area contributed by atoms with Gasteiger partial charge in [0.2, 0.25) is 0 Å². The van der Waals surface area contributed by atoms with Crippen molar-refractivity contribution >= 4 is 10.8 Å². The molecule has 3 heteroatoms. The van der Waals surface area contributed by atoms with Crippen LogP contribution in [0.25, 0.3) is 10.8 Å². The van der Waals surface area contributed by atoms with Crippen molar-refractivity contribution in [1.82, 2.24) is 0 Å². The maximum Gasteiger partial charge on any atom is 4.00 e. The number of rotatable bonds is 0. The molecule has 0 atom stereocenters. The molecular formula is C14H16Cl2Zr. The summed E-state index contributed by atoms with van der Waals surface area (Å²) in [6, 6.07) is 12.8. The third kappa shape index (κ3) is 6.13. The predicted molar refractivity (Wildman–Crippen MR) is 62.4 cm³/mol. The molecule has 2 aromatic carbocycles. The van der Waals surface area contributed by atoms with Gasteiger partial charge in [0.05, 0.1) is 0 Å². The van der Waals surface area contributed by atoms with Crippen LogP contribution in [-0.4, -0.2) is 0 Å². The fourth-order valence-electron chi connectivity index (χ4n) is 1.51. The quantitative estimate of drug-likeness (QED) is 0.497. The van der Waals surface area contributed by atoms with Crippen LogP contribution in [0.5, 0.6) is 0 Å². The molecule has 17 heavy (non-hydrogen) atoms. The Hall–Kier alpha value is 0.293. The zero-order valence-corrected chi connectivity index (χ0v) is 13.9. The van der Waals surface area contributed by atoms with E-state index >= 15 is 0 Å². The van der Waals surface area contributed by atoms with Crippen molar-refractivity contribution < 1.29 is 51.0 Å². The minimum Gasteiger partial charge on any atom is -1.00 e. The van der Waals surface area contributed by atoms with Crippen LogP contribution in [0.3, 0.4) is 0 Å². The first-order chi connectivity index (χ1) is 6.86. The minimum absolute atomic E-state index is 0. The summed E-state index contributed by atoms with van der Waals surface area (Å²) >= 11 is 0. The van der Waals surface area contributed by atoms with E-state index in [1.807, 2.05) is 0 Å². The van der Waals surface area contributed by atoms with Crippen LogP contribution in [0.15, 0.2) is 36.4 Å². The molecule has 1 fully saturated rings. The van der Waals surface area contributed by atoms with Crippen LogP contribution in [0.1, 0.15) is 24.8 Å². The van der Waals surface area contributed by atoms with Crippen molar-refractivity contribution in [1.29, 1.82) is 0 Å². The molecular weight excluding hydrogens is 330 g/mol. The van der Waals surface area contributed by atoms with Crippen LogP contribution in [-0.2, 0) is 26.2 Å². The first-order valence-electron chi connectivity index (χ1n) is 5.30. The van der Waals surface area contributed by atoms with Crippen molar-refractivity contribution in [2.24, 2.45) is 0 Å². The number of hydrogen-bond acceptors (Lipinski definition) is 0. The van der Waals surface area contributed by atoms with Crippen molar-refractivity contribution in [2.45, 2.75) is 26.2 Å². The molecule has 1 aliphatic carbocycles. The number of hydrogen-bond donors (Lipinski definition) is 0. The van der Waals surface area contributed by atoms with E-state index in [0.29, 0.717) is 0 Å². The van der Waals surface area contributed by atoms with Gasteiger partial charge in [-0.25, -0.2) is 0 Å². The van der Waals surface area contributed by atoms with Crippen molar-refractivity contribution in [2.75, 3.05) is 0 Å². The number of fused-ring (bicyclic) bond motifs is 1. The Balaban J connectivity index is 0. The summed E-state index contributed by atoms with van der Waals surface area (Å²) in [5.41, 5.74) is 1.35. The first kappa shape index (κ1) is 19.6. The molecule has 0 radical (unpaired) electrons. The molecule has 3 rings (SSSR count). The van der Waals surface area contributed by atoms with Crippen LogP contribution < -0.4 is 24.8 Å². The van der Waals surface area contributed by atoms with Gasteiger partial charge in [0.25, 0.3) is 0 Å². The van der Waals surface area contributed by atoms with E-state index in [0.717, 1.165) is 0 Å². The summed E-state index contributed by atoms with van der Waals surface area (Å²) in [5, 5.41) is 2.69. The Bertz CT molecular complexity index is 368. The summed E-state index contributed by atoms with van der Waals surface area (Å²) in [6.45, 7) is 2.12. The molecule has 0 spiro atoms. The molecule has 0 saturated heterocycles. The molecule has 0 N–H and O–H groups in total.